The van der Waals surface area contributed by atoms with Crippen molar-refractivity contribution in [2.75, 3.05) is 13.7 Å². The second kappa shape index (κ2) is 9.10. The van der Waals surface area contributed by atoms with Crippen molar-refractivity contribution in [1.82, 2.24) is 4.57 Å². The van der Waals surface area contributed by atoms with Gasteiger partial charge in [-0.15, -0.1) is 0 Å². The third kappa shape index (κ3) is 4.16. The van der Waals surface area contributed by atoms with Crippen LogP contribution in [0.5, 0.6) is 11.5 Å². The summed E-state index contributed by atoms with van der Waals surface area (Å²) in [6, 6.07) is 13.4. The third-order valence-corrected chi connectivity index (χ3v) is 4.60. The van der Waals surface area contributed by atoms with Crippen LogP contribution in [0.4, 0.5) is 0 Å². The first-order valence-electron chi connectivity index (χ1n) is 9.26. The maximum atomic E-state index is 12.0. The average molecular weight is 393 g/mol. The molecule has 0 aliphatic rings. The summed E-state index contributed by atoms with van der Waals surface area (Å²) in [7, 11) is 3.38. The van der Waals surface area contributed by atoms with Gasteiger partial charge in [0.2, 0.25) is 0 Å². The van der Waals surface area contributed by atoms with Crippen LogP contribution in [0, 0.1) is 0 Å². The molecule has 2 aromatic carbocycles. The van der Waals surface area contributed by atoms with E-state index in [9.17, 15) is 9.59 Å². The summed E-state index contributed by atoms with van der Waals surface area (Å²) in [5.41, 5.74) is 2.79. The number of ether oxygens (including phenoxy) is 3. The molecular formula is C23H23NO5. The predicted octanol–water partition coefficient (Wildman–Crippen LogP) is 4.15. The molecule has 0 fully saturated rings. The van der Waals surface area contributed by atoms with Crippen LogP contribution >= 0.6 is 0 Å². The van der Waals surface area contributed by atoms with Crippen molar-refractivity contribution in [1.29, 1.82) is 0 Å². The second-order valence-corrected chi connectivity index (χ2v) is 6.33. The number of benzene rings is 2. The predicted molar refractivity (Wildman–Crippen MR) is 111 cm³/mol. The van der Waals surface area contributed by atoms with Gasteiger partial charge in [-0.1, -0.05) is 30.3 Å². The van der Waals surface area contributed by atoms with E-state index in [1.165, 1.54) is 6.08 Å². The summed E-state index contributed by atoms with van der Waals surface area (Å²) in [6.07, 6.45) is 3.66. The molecule has 0 saturated carbocycles. The lowest BCUT2D eigenvalue weighted by Crippen LogP contribution is -2.00. The monoisotopic (exact) mass is 393 g/mol. The van der Waals surface area contributed by atoms with Gasteiger partial charge in [0.1, 0.15) is 6.61 Å². The van der Waals surface area contributed by atoms with Gasteiger partial charge in [0.25, 0.3) is 0 Å². The fourth-order valence-corrected chi connectivity index (χ4v) is 3.22. The van der Waals surface area contributed by atoms with Crippen molar-refractivity contribution in [2.24, 2.45) is 7.05 Å². The maximum absolute atomic E-state index is 12.0. The zero-order valence-corrected chi connectivity index (χ0v) is 16.7. The number of fused-ring (bicyclic) bond motifs is 1. The summed E-state index contributed by atoms with van der Waals surface area (Å²) in [6.45, 7) is 2.35. The van der Waals surface area contributed by atoms with Crippen LogP contribution in [0.1, 0.15) is 28.5 Å². The van der Waals surface area contributed by atoms with Gasteiger partial charge in [-0.2, -0.15) is 0 Å². The molecule has 3 rings (SSSR count). The summed E-state index contributed by atoms with van der Waals surface area (Å²) >= 11 is 0. The van der Waals surface area contributed by atoms with E-state index < -0.39 is 5.97 Å². The minimum absolute atomic E-state index is 0.285. The number of carbonyl (C=O) groups is 2. The number of nitrogens with zero attached hydrogens (tertiary/aromatic N) is 1. The Bertz CT molecular complexity index is 1050. The van der Waals surface area contributed by atoms with Crippen LogP contribution in [0.3, 0.4) is 0 Å². The van der Waals surface area contributed by atoms with Gasteiger partial charge in [0.15, 0.2) is 17.8 Å². The molecule has 0 atom stereocenters. The summed E-state index contributed by atoms with van der Waals surface area (Å²) in [5.74, 6) is 0.554. The van der Waals surface area contributed by atoms with E-state index in [1.54, 1.807) is 26.2 Å². The molecule has 3 aromatic rings. The number of methoxy groups -OCH3 is 1. The SMILES string of the molecule is CCOC(=O)/C=C/c1c(C=O)c2c(OCc3ccccc3)c(OC)ccc2n1C. The number of aromatic nitrogens is 1. The minimum atomic E-state index is -0.465. The van der Waals surface area contributed by atoms with Gasteiger partial charge in [-0.3, -0.25) is 4.79 Å². The molecule has 0 spiro atoms. The minimum Gasteiger partial charge on any atom is -0.493 e. The number of esters is 1. The van der Waals surface area contributed by atoms with Gasteiger partial charge >= 0.3 is 5.97 Å². The van der Waals surface area contributed by atoms with E-state index in [4.69, 9.17) is 14.2 Å². The molecule has 0 aliphatic carbocycles. The van der Waals surface area contributed by atoms with Crippen molar-refractivity contribution in [3.05, 3.63) is 65.4 Å². The summed E-state index contributed by atoms with van der Waals surface area (Å²) < 4.78 is 18.3. The molecule has 0 N–H and O–H groups in total. The molecule has 0 radical (unpaired) electrons. The third-order valence-electron chi connectivity index (χ3n) is 4.60. The number of hydrogen-bond acceptors (Lipinski definition) is 5. The highest BCUT2D eigenvalue weighted by Gasteiger charge is 2.20. The van der Waals surface area contributed by atoms with Crippen LogP contribution in [-0.2, 0) is 23.2 Å². The summed E-state index contributed by atoms with van der Waals surface area (Å²) in [5, 5.41) is 0.640. The molecule has 29 heavy (non-hydrogen) atoms. The van der Waals surface area contributed by atoms with Gasteiger partial charge in [0, 0.05) is 13.1 Å². The fraction of sp³-hybridized carbons (Fsp3) is 0.217. The fourth-order valence-electron chi connectivity index (χ4n) is 3.22. The van der Waals surface area contributed by atoms with Crippen LogP contribution in [-0.4, -0.2) is 30.5 Å². The number of carbonyl (C=O) groups excluding carboxylic acids is 2. The smallest absolute Gasteiger partial charge is 0.330 e. The van der Waals surface area contributed by atoms with Gasteiger partial charge < -0.3 is 18.8 Å². The molecule has 1 aromatic heterocycles. The van der Waals surface area contributed by atoms with E-state index in [0.29, 0.717) is 34.7 Å². The molecule has 6 heteroatoms. The number of aldehydes is 1. The largest absolute Gasteiger partial charge is 0.493 e. The van der Waals surface area contributed by atoms with E-state index >= 15 is 0 Å². The number of aryl methyl sites for hydroxylation is 1. The molecule has 0 bridgehead atoms. The Labute approximate surface area is 169 Å². The van der Waals surface area contributed by atoms with E-state index in [2.05, 4.69) is 0 Å². The molecule has 6 nitrogen and oxygen atoms in total. The standard InChI is InChI=1S/C23H23NO5/c1-4-28-21(26)13-11-18-17(14-25)22-19(24(18)2)10-12-20(27-3)23(22)29-15-16-8-6-5-7-9-16/h5-14H,4,15H2,1-3H3/b13-11+. The first kappa shape index (κ1) is 20.2. The van der Waals surface area contributed by atoms with E-state index in [1.807, 2.05) is 48.0 Å². The van der Waals surface area contributed by atoms with Crippen LogP contribution in [0.15, 0.2) is 48.5 Å². The molecule has 1 heterocycles. The van der Waals surface area contributed by atoms with Crippen molar-refractivity contribution in [3.8, 4) is 11.5 Å². The van der Waals surface area contributed by atoms with Gasteiger partial charge in [-0.05, 0) is 30.7 Å². The van der Waals surface area contributed by atoms with E-state index in [-0.39, 0.29) is 6.61 Å². The average Bonchev–Trinajstić information content (AvgIpc) is 3.02. The Morgan fingerprint density at radius 2 is 1.90 bits per heavy atom. The number of rotatable bonds is 8. The quantitative estimate of drug-likeness (QED) is 0.327. The zero-order valence-electron chi connectivity index (χ0n) is 16.7. The lowest BCUT2D eigenvalue weighted by atomic mass is 10.1. The van der Waals surface area contributed by atoms with Crippen LogP contribution in [0.25, 0.3) is 17.0 Å². The normalized spacial score (nSPS) is 11.0. The van der Waals surface area contributed by atoms with Crippen molar-refractivity contribution in [3.63, 3.8) is 0 Å². The highest BCUT2D eigenvalue weighted by molar-refractivity contribution is 6.06. The second-order valence-electron chi connectivity index (χ2n) is 6.33. The lowest BCUT2D eigenvalue weighted by molar-refractivity contribution is -0.137. The Kier molecular flexibility index (Phi) is 6.34. The lowest BCUT2D eigenvalue weighted by Gasteiger charge is -2.13. The van der Waals surface area contributed by atoms with Gasteiger partial charge in [0.05, 0.1) is 35.9 Å². The Hall–Kier alpha value is -3.54. The Balaban J connectivity index is 2.10. The Morgan fingerprint density at radius 1 is 1.14 bits per heavy atom. The maximum Gasteiger partial charge on any atom is 0.330 e. The van der Waals surface area contributed by atoms with E-state index in [0.717, 1.165) is 17.4 Å². The molecule has 150 valence electrons. The molecule has 0 saturated heterocycles. The van der Waals surface area contributed by atoms with Crippen LogP contribution < -0.4 is 9.47 Å². The molecule has 0 unspecified atom stereocenters. The molecular weight excluding hydrogens is 370 g/mol. The number of hydrogen-bond donors (Lipinski definition) is 0. The highest BCUT2D eigenvalue weighted by atomic mass is 16.5. The first-order chi connectivity index (χ1) is 14.1. The highest BCUT2D eigenvalue weighted by Crippen LogP contribution is 2.40. The van der Waals surface area contributed by atoms with Crippen LogP contribution in [0.2, 0.25) is 0 Å². The van der Waals surface area contributed by atoms with Crippen molar-refractivity contribution < 1.29 is 23.8 Å². The van der Waals surface area contributed by atoms with Crippen molar-refractivity contribution >= 4 is 29.2 Å². The molecule has 0 aliphatic heterocycles. The summed E-state index contributed by atoms with van der Waals surface area (Å²) in [4.78, 5) is 23.7. The zero-order chi connectivity index (χ0) is 20.8. The first-order valence-corrected chi connectivity index (χ1v) is 9.26. The van der Waals surface area contributed by atoms with Gasteiger partial charge in [-0.25, -0.2) is 4.79 Å². The topological polar surface area (TPSA) is 66.8 Å². The molecule has 0 amide bonds. The Morgan fingerprint density at radius 3 is 2.55 bits per heavy atom. The van der Waals surface area contributed by atoms with Crippen molar-refractivity contribution in [2.45, 2.75) is 13.5 Å².